The van der Waals surface area contributed by atoms with Crippen molar-refractivity contribution in [3.8, 4) is 0 Å². The summed E-state index contributed by atoms with van der Waals surface area (Å²) in [5.41, 5.74) is 0. The molecule has 1 amide bonds. The molecule has 32 heavy (non-hydrogen) atoms. The summed E-state index contributed by atoms with van der Waals surface area (Å²) < 4.78 is 0. The summed E-state index contributed by atoms with van der Waals surface area (Å²) in [7, 11) is 0. The molecule has 0 saturated carbocycles. The van der Waals surface area contributed by atoms with Crippen molar-refractivity contribution < 1.29 is 20.1 Å². The number of unbranched alkanes of at least 4 members (excludes halogenated alkanes) is 9. The van der Waals surface area contributed by atoms with Crippen molar-refractivity contribution in [2.75, 3.05) is 6.61 Å². The van der Waals surface area contributed by atoms with Crippen molar-refractivity contribution in [3.05, 3.63) is 36.5 Å². The molecular formula is C27H49NO4. The lowest BCUT2D eigenvalue weighted by atomic mass is 10.1. The molecule has 0 aromatic heterocycles. The monoisotopic (exact) mass is 451 g/mol. The van der Waals surface area contributed by atoms with E-state index >= 15 is 0 Å². The van der Waals surface area contributed by atoms with Gasteiger partial charge in [-0.15, -0.1) is 0 Å². The van der Waals surface area contributed by atoms with Crippen LogP contribution in [0.5, 0.6) is 0 Å². The minimum atomic E-state index is -1.15. The van der Waals surface area contributed by atoms with E-state index in [-0.39, 0.29) is 6.61 Å². The van der Waals surface area contributed by atoms with Gasteiger partial charge in [0.2, 0.25) is 5.91 Å². The molecule has 3 atom stereocenters. The molecule has 0 bridgehead atoms. The summed E-state index contributed by atoms with van der Waals surface area (Å²) >= 11 is 0. The van der Waals surface area contributed by atoms with Gasteiger partial charge in [-0.1, -0.05) is 88.8 Å². The minimum absolute atomic E-state index is 0.326. The van der Waals surface area contributed by atoms with Crippen LogP contribution in [0.2, 0.25) is 0 Å². The third-order valence-corrected chi connectivity index (χ3v) is 5.46. The Morgan fingerprint density at radius 1 is 0.750 bits per heavy atom. The van der Waals surface area contributed by atoms with Crippen LogP contribution in [0.3, 0.4) is 0 Å². The van der Waals surface area contributed by atoms with Gasteiger partial charge in [0.25, 0.3) is 0 Å². The normalized spacial score (nSPS) is 15.0. The molecule has 0 aliphatic heterocycles. The molecular weight excluding hydrogens is 402 g/mol. The van der Waals surface area contributed by atoms with E-state index < -0.39 is 24.2 Å². The summed E-state index contributed by atoms with van der Waals surface area (Å²) in [6, 6.07) is -0.823. The zero-order valence-corrected chi connectivity index (χ0v) is 20.6. The molecule has 0 aliphatic carbocycles. The first-order valence-corrected chi connectivity index (χ1v) is 12.8. The number of carbonyl (C=O) groups is 1. The smallest absolute Gasteiger partial charge is 0.249 e. The van der Waals surface area contributed by atoms with Crippen LogP contribution in [0.15, 0.2) is 36.5 Å². The van der Waals surface area contributed by atoms with E-state index in [4.69, 9.17) is 0 Å². The van der Waals surface area contributed by atoms with E-state index in [0.717, 1.165) is 25.7 Å². The predicted molar refractivity (Wildman–Crippen MR) is 134 cm³/mol. The summed E-state index contributed by atoms with van der Waals surface area (Å²) in [5.74, 6) is -0.557. The first-order valence-electron chi connectivity index (χ1n) is 12.8. The number of carbonyl (C=O) groups excluding carboxylic acids is 1. The van der Waals surface area contributed by atoms with Gasteiger partial charge in [-0.25, -0.2) is 0 Å². The van der Waals surface area contributed by atoms with Gasteiger partial charge >= 0.3 is 0 Å². The van der Waals surface area contributed by atoms with Crippen LogP contribution < -0.4 is 5.32 Å². The molecule has 0 radical (unpaired) electrons. The maximum absolute atomic E-state index is 12.2. The van der Waals surface area contributed by atoms with Gasteiger partial charge in [0.15, 0.2) is 0 Å². The van der Waals surface area contributed by atoms with E-state index in [1.54, 1.807) is 6.08 Å². The Kier molecular flexibility index (Phi) is 21.7. The number of rotatable bonds is 21. The zero-order chi connectivity index (χ0) is 23.9. The highest BCUT2D eigenvalue weighted by Crippen LogP contribution is 2.07. The summed E-state index contributed by atoms with van der Waals surface area (Å²) in [5, 5.41) is 32.3. The van der Waals surface area contributed by atoms with Crippen molar-refractivity contribution in [1.82, 2.24) is 5.32 Å². The fraction of sp³-hybridized carbons (Fsp3) is 0.741. The Hall–Kier alpha value is -1.43. The highest BCUT2D eigenvalue weighted by Gasteiger charge is 2.22. The number of amides is 1. The highest BCUT2D eigenvalue weighted by atomic mass is 16.3. The highest BCUT2D eigenvalue weighted by molar-refractivity contribution is 5.80. The fourth-order valence-electron chi connectivity index (χ4n) is 3.31. The van der Waals surface area contributed by atoms with Crippen molar-refractivity contribution in [1.29, 1.82) is 0 Å². The standard InChI is InChI=1S/C27H49NO4/c1-3-5-7-9-11-13-14-16-17-19-21-25(30)24(23-29)28-27(32)26(31)22-20-18-15-12-10-8-6-4-2/h13-15,18-19,21,24-26,29-31H,3-12,16-17,20,22-23H2,1-2H3,(H,28,32)/b14-13+,18-15-,21-19+. The molecule has 4 N–H and O–H groups in total. The summed E-state index contributed by atoms with van der Waals surface area (Å²) in [6.07, 6.45) is 24.5. The predicted octanol–water partition coefficient (Wildman–Crippen LogP) is 5.36. The second kappa shape index (κ2) is 22.8. The van der Waals surface area contributed by atoms with E-state index in [9.17, 15) is 20.1 Å². The quantitative estimate of drug-likeness (QED) is 0.140. The Balaban J connectivity index is 4.07. The van der Waals surface area contributed by atoms with Gasteiger partial charge < -0.3 is 20.6 Å². The molecule has 0 heterocycles. The molecule has 0 rings (SSSR count). The van der Waals surface area contributed by atoms with E-state index in [1.165, 1.54) is 51.4 Å². The molecule has 0 aromatic rings. The summed E-state index contributed by atoms with van der Waals surface area (Å²) in [4.78, 5) is 12.2. The van der Waals surface area contributed by atoms with Crippen LogP contribution in [0.1, 0.15) is 104 Å². The van der Waals surface area contributed by atoms with Crippen molar-refractivity contribution in [2.45, 2.75) is 122 Å². The molecule has 3 unspecified atom stereocenters. The number of hydrogen-bond donors (Lipinski definition) is 4. The van der Waals surface area contributed by atoms with Gasteiger partial charge in [0.1, 0.15) is 6.10 Å². The Morgan fingerprint density at radius 2 is 1.28 bits per heavy atom. The largest absolute Gasteiger partial charge is 0.394 e. The van der Waals surface area contributed by atoms with Crippen LogP contribution in [0.25, 0.3) is 0 Å². The van der Waals surface area contributed by atoms with Gasteiger partial charge in [0.05, 0.1) is 18.8 Å². The van der Waals surface area contributed by atoms with Gasteiger partial charge in [-0.05, 0) is 51.4 Å². The lowest BCUT2D eigenvalue weighted by molar-refractivity contribution is -0.131. The molecule has 186 valence electrons. The Bertz CT molecular complexity index is 516. The fourth-order valence-corrected chi connectivity index (χ4v) is 3.31. The topological polar surface area (TPSA) is 89.8 Å². The number of allylic oxidation sites excluding steroid dienone is 5. The maximum atomic E-state index is 12.2. The van der Waals surface area contributed by atoms with Crippen LogP contribution >= 0.6 is 0 Å². The van der Waals surface area contributed by atoms with Crippen LogP contribution in [0.4, 0.5) is 0 Å². The first kappa shape index (κ1) is 30.6. The maximum Gasteiger partial charge on any atom is 0.249 e. The molecule has 5 heteroatoms. The second-order valence-corrected chi connectivity index (χ2v) is 8.53. The first-order chi connectivity index (χ1) is 15.6. The number of aliphatic hydroxyl groups is 3. The average Bonchev–Trinajstić information content (AvgIpc) is 2.79. The number of hydrogen-bond acceptors (Lipinski definition) is 4. The molecule has 0 fully saturated rings. The lowest BCUT2D eigenvalue weighted by Crippen LogP contribution is -2.48. The number of nitrogens with one attached hydrogen (secondary N) is 1. The van der Waals surface area contributed by atoms with Crippen LogP contribution in [0, 0.1) is 0 Å². The SMILES string of the molecule is CCCCCC/C=C\CCC(O)C(=O)NC(CO)C(O)/C=C/CC/C=C/CCCCCC. The van der Waals surface area contributed by atoms with E-state index in [0.29, 0.717) is 12.8 Å². The van der Waals surface area contributed by atoms with E-state index in [1.807, 2.05) is 12.2 Å². The molecule has 0 saturated heterocycles. The Morgan fingerprint density at radius 3 is 1.84 bits per heavy atom. The average molecular weight is 452 g/mol. The third kappa shape index (κ3) is 18.2. The summed E-state index contributed by atoms with van der Waals surface area (Å²) in [6.45, 7) is 4.01. The molecule has 0 aliphatic rings. The van der Waals surface area contributed by atoms with Gasteiger partial charge in [-0.2, -0.15) is 0 Å². The van der Waals surface area contributed by atoms with Gasteiger partial charge in [-0.3, -0.25) is 4.79 Å². The van der Waals surface area contributed by atoms with Crippen LogP contribution in [-0.2, 0) is 4.79 Å². The molecule has 0 aromatic carbocycles. The molecule has 5 nitrogen and oxygen atoms in total. The minimum Gasteiger partial charge on any atom is -0.394 e. The zero-order valence-electron chi connectivity index (χ0n) is 20.6. The lowest BCUT2D eigenvalue weighted by Gasteiger charge is -2.21. The van der Waals surface area contributed by atoms with Crippen molar-refractivity contribution >= 4 is 5.91 Å². The van der Waals surface area contributed by atoms with Gasteiger partial charge in [0, 0.05) is 0 Å². The molecule has 0 spiro atoms. The van der Waals surface area contributed by atoms with Crippen molar-refractivity contribution in [2.24, 2.45) is 0 Å². The third-order valence-electron chi connectivity index (χ3n) is 5.46. The van der Waals surface area contributed by atoms with E-state index in [2.05, 4.69) is 37.4 Å². The van der Waals surface area contributed by atoms with Crippen LogP contribution in [-0.4, -0.2) is 46.1 Å². The number of aliphatic hydroxyl groups excluding tert-OH is 3. The van der Waals surface area contributed by atoms with Crippen molar-refractivity contribution in [3.63, 3.8) is 0 Å². The second-order valence-electron chi connectivity index (χ2n) is 8.53. The Labute approximate surface area is 196 Å².